The van der Waals surface area contributed by atoms with Crippen molar-refractivity contribution < 1.29 is 9.53 Å². The number of anilines is 2. The molecule has 0 saturated heterocycles. The van der Waals surface area contributed by atoms with E-state index in [9.17, 15) is 4.79 Å². The summed E-state index contributed by atoms with van der Waals surface area (Å²) < 4.78 is 5.54. The van der Waals surface area contributed by atoms with E-state index < -0.39 is 5.60 Å². The van der Waals surface area contributed by atoms with Gasteiger partial charge in [0.1, 0.15) is 5.60 Å². The summed E-state index contributed by atoms with van der Waals surface area (Å²) in [5, 5.41) is 6.51. The molecule has 23 heavy (non-hydrogen) atoms. The Kier molecular flexibility index (Phi) is 3.92. The van der Waals surface area contributed by atoms with Crippen molar-refractivity contribution in [3.8, 4) is 0 Å². The van der Waals surface area contributed by atoms with Crippen LogP contribution in [0, 0.1) is 6.92 Å². The third-order valence-electron chi connectivity index (χ3n) is 3.93. The summed E-state index contributed by atoms with van der Waals surface area (Å²) in [6.45, 7) is 9.99. The summed E-state index contributed by atoms with van der Waals surface area (Å²) in [7, 11) is 0. The normalized spacial score (nSPS) is 16.7. The van der Waals surface area contributed by atoms with Gasteiger partial charge in [-0.3, -0.25) is 9.89 Å². The Morgan fingerprint density at radius 1 is 1.39 bits per heavy atom. The standard InChI is InChI=1S/C17H24N4O2/c1-11-13(20-15-18-8-9-19-15)6-5-12-7-10-21(14(11)12)16(22)23-17(2,3)4/h5-6H,7-10H2,1-4H3,(H2,18,19,20). The predicted molar refractivity (Wildman–Crippen MR) is 92.4 cm³/mol. The maximum atomic E-state index is 12.5. The van der Waals surface area contributed by atoms with E-state index in [0.717, 1.165) is 42.4 Å². The largest absolute Gasteiger partial charge is 0.443 e. The summed E-state index contributed by atoms with van der Waals surface area (Å²) in [6.07, 6.45) is 0.572. The maximum absolute atomic E-state index is 12.5. The van der Waals surface area contributed by atoms with E-state index in [0.29, 0.717) is 6.54 Å². The van der Waals surface area contributed by atoms with Gasteiger partial charge in [-0.25, -0.2) is 4.79 Å². The number of amides is 1. The SMILES string of the molecule is Cc1c(NC2=NCCN2)ccc2c1N(C(=O)OC(C)(C)C)CC2. The number of aliphatic imine (C=N–C) groups is 1. The molecule has 1 aromatic rings. The van der Waals surface area contributed by atoms with E-state index in [-0.39, 0.29) is 6.09 Å². The van der Waals surface area contributed by atoms with E-state index in [2.05, 4.69) is 27.8 Å². The highest BCUT2D eigenvalue weighted by molar-refractivity contribution is 5.98. The third-order valence-corrected chi connectivity index (χ3v) is 3.93. The summed E-state index contributed by atoms with van der Waals surface area (Å²) in [6, 6.07) is 4.12. The molecule has 0 unspecified atom stereocenters. The lowest BCUT2D eigenvalue weighted by molar-refractivity contribution is 0.0584. The zero-order valence-corrected chi connectivity index (χ0v) is 14.2. The van der Waals surface area contributed by atoms with E-state index in [4.69, 9.17) is 4.74 Å². The summed E-state index contributed by atoms with van der Waals surface area (Å²) in [5.41, 5.74) is 3.66. The Labute approximate surface area is 136 Å². The zero-order chi connectivity index (χ0) is 16.6. The van der Waals surface area contributed by atoms with Gasteiger partial charge in [0.2, 0.25) is 0 Å². The van der Waals surface area contributed by atoms with Gasteiger partial charge in [-0.1, -0.05) is 6.07 Å². The highest BCUT2D eigenvalue weighted by Crippen LogP contribution is 2.36. The lowest BCUT2D eigenvalue weighted by atomic mass is 10.1. The number of carbonyl (C=O) groups excluding carboxylic acids is 1. The van der Waals surface area contributed by atoms with Gasteiger partial charge in [-0.15, -0.1) is 0 Å². The fourth-order valence-electron chi connectivity index (χ4n) is 2.92. The molecule has 0 fully saturated rings. The third kappa shape index (κ3) is 3.25. The molecule has 1 aromatic carbocycles. The second-order valence-electron chi connectivity index (χ2n) is 6.91. The quantitative estimate of drug-likeness (QED) is 0.836. The lowest BCUT2D eigenvalue weighted by Gasteiger charge is -2.26. The zero-order valence-electron chi connectivity index (χ0n) is 14.2. The van der Waals surface area contributed by atoms with Crippen LogP contribution in [0.5, 0.6) is 0 Å². The molecular formula is C17H24N4O2. The van der Waals surface area contributed by atoms with Gasteiger partial charge in [-0.05, 0) is 51.3 Å². The average Bonchev–Trinajstić information content (AvgIpc) is 3.09. The van der Waals surface area contributed by atoms with Crippen molar-refractivity contribution in [3.05, 3.63) is 23.3 Å². The van der Waals surface area contributed by atoms with Crippen LogP contribution >= 0.6 is 0 Å². The van der Waals surface area contributed by atoms with E-state index in [1.165, 1.54) is 5.56 Å². The van der Waals surface area contributed by atoms with Gasteiger partial charge in [0.25, 0.3) is 0 Å². The monoisotopic (exact) mass is 316 g/mol. The lowest BCUT2D eigenvalue weighted by Crippen LogP contribution is -2.36. The number of nitrogens with one attached hydrogen (secondary N) is 2. The summed E-state index contributed by atoms with van der Waals surface area (Å²) in [4.78, 5) is 18.6. The van der Waals surface area contributed by atoms with Crippen LogP contribution < -0.4 is 15.5 Å². The van der Waals surface area contributed by atoms with E-state index in [1.54, 1.807) is 4.90 Å². The number of benzene rings is 1. The van der Waals surface area contributed by atoms with Gasteiger partial charge < -0.3 is 15.4 Å². The molecule has 2 N–H and O–H groups in total. The van der Waals surface area contributed by atoms with Crippen LogP contribution in [0.25, 0.3) is 0 Å². The van der Waals surface area contributed by atoms with Crippen LogP contribution in [0.3, 0.4) is 0 Å². The summed E-state index contributed by atoms with van der Waals surface area (Å²) >= 11 is 0. The van der Waals surface area contributed by atoms with Crippen molar-refractivity contribution >= 4 is 23.4 Å². The Morgan fingerprint density at radius 2 is 2.17 bits per heavy atom. The second kappa shape index (κ2) is 5.76. The van der Waals surface area contributed by atoms with E-state index >= 15 is 0 Å². The van der Waals surface area contributed by atoms with Crippen LogP contribution in [0.15, 0.2) is 17.1 Å². The second-order valence-corrected chi connectivity index (χ2v) is 6.91. The first-order chi connectivity index (χ1) is 10.8. The molecule has 6 heteroatoms. The fourth-order valence-corrected chi connectivity index (χ4v) is 2.92. The minimum atomic E-state index is -0.494. The smallest absolute Gasteiger partial charge is 0.414 e. The van der Waals surface area contributed by atoms with Crippen molar-refractivity contribution in [3.63, 3.8) is 0 Å². The number of hydrogen-bond acceptors (Lipinski definition) is 5. The molecule has 0 aliphatic carbocycles. The molecule has 0 spiro atoms. The van der Waals surface area contributed by atoms with Gasteiger partial charge in [0.05, 0.1) is 12.2 Å². The molecule has 0 aromatic heterocycles. The first-order valence-electron chi connectivity index (χ1n) is 8.03. The number of ether oxygens (including phenoxy) is 1. The van der Waals surface area contributed by atoms with Gasteiger partial charge in [-0.2, -0.15) is 0 Å². The molecule has 2 aliphatic rings. The Balaban J connectivity index is 1.87. The molecule has 2 heterocycles. The van der Waals surface area contributed by atoms with Crippen LogP contribution in [0.2, 0.25) is 0 Å². The van der Waals surface area contributed by atoms with Gasteiger partial charge in [0, 0.05) is 18.8 Å². The Bertz CT molecular complexity index is 661. The van der Waals surface area contributed by atoms with Crippen LogP contribution in [0.4, 0.5) is 16.2 Å². The van der Waals surface area contributed by atoms with Crippen molar-refractivity contribution in [1.29, 1.82) is 0 Å². The van der Waals surface area contributed by atoms with Gasteiger partial charge in [0.15, 0.2) is 5.96 Å². The highest BCUT2D eigenvalue weighted by Gasteiger charge is 2.31. The summed E-state index contributed by atoms with van der Waals surface area (Å²) in [5.74, 6) is 0.787. The van der Waals surface area contributed by atoms with Gasteiger partial charge >= 0.3 is 6.09 Å². The van der Waals surface area contributed by atoms with Crippen molar-refractivity contribution in [2.45, 2.75) is 39.7 Å². The Morgan fingerprint density at radius 3 is 2.83 bits per heavy atom. The van der Waals surface area contributed by atoms with E-state index in [1.807, 2.05) is 27.7 Å². The van der Waals surface area contributed by atoms with Crippen LogP contribution in [0.1, 0.15) is 31.9 Å². The number of hydrogen-bond donors (Lipinski definition) is 2. The molecule has 6 nitrogen and oxygen atoms in total. The molecule has 1 amide bonds. The highest BCUT2D eigenvalue weighted by atomic mass is 16.6. The predicted octanol–water partition coefficient (Wildman–Crippen LogP) is 2.66. The molecule has 0 radical (unpaired) electrons. The van der Waals surface area contributed by atoms with Crippen molar-refractivity contribution in [2.24, 2.45) is 4.99 Å². The minimum Gasteiger partial charge on any atom is -0.443 e. The molecule has 2 aliphatic heterocycles. The topological polar surface area (TPSA) is 66.0 Å². The Hall–Kier alpha value is -2.24. The van der Waals surface area contributed by atoms with Crippen molar-refractivity contribution in [1.82, 2.24) is 5.32 Å². The molecule has 0 atom stereocenters. The minimum absolute atomic E-state index is 0.284. The number of guanidine groups is 1. The maximum Gasteiger partial charge on any atom is 0.414 e. The molecule has 0 saturated carbocycles. The van der Waals surface area contributed by atoms with Crippen molar-refractivity contribution in [2.75, 3.05) is 29.9 Å². The first-order valence-corrected chi connectivity index (χ1v) is 8.03. The number of rotatable bonds is 1. The molecule has 124 valence electrons. The van der Waals surface area contributed by atoms with Crippen LogP contribution in [-0.2, 0) is 11.2 Å². The molecular weight excluding hydrogens is 292 g/mol. The number of carbonyl (C=O) groups is 1. The fraction of sp³-hybridized carbons (Fsp3) is 0.529. The number of fused-ring (bicyclic) bond motifs is 1. The van der Waals surface area contributed by atoms with Crippen LogP contribution in [-0.4, -0.2) is 37.3 Å². The average molecular weight is 316 g/mol. The first kappa shape index (κ1) is 15.6. The molecule has 3 rings (SSSR count). The number of nitrogens with zero attached hydrogens (tertiary/aromatic N) is 2. The molecule has 0 bridgehead atoms.